The molecule has 138 valence electrons. The lowest BCUT2D eigenvalue weighted by molar-refractivity contribution is -0.137. The van der Waals surface area contributed by atoms with Gasteiger partial charge < -0.3 is 15.4 Å². The van der Waals surface area contributed by atoms with Crippen LogP contribution < -0.4 is 5.32 Å². The zero-order chi connectivity index (χ0) is 17.9. The monoisotopic (exact) mass is 372 g/mol. The molecule has 0 spiro atoms. The Morgan fingerprint density at radius 3 is 3.00 bits per heavy atom. The highest BCUT2D eigenvalue weighted by molar-refractivity contribution is 7.99. The fourth-order valence-electron chi connectivity index (χ4n) is 3.78. The second-order valence-corrected chi connectivity index (χ2v) is 8.18. The summed E-state index contributed by atoms with van der Waals surface area (Å²) in [5, 5.41) is 13.2. The van der Waals surface area contributed by atoms with Gasteiger partial charge in [-0.15, -0.1) is 0 Å². The maximum absolute atomic E-state index is 10.6. The number of aromatic amines is 1. The number of carboxylic acids is 1. The minimum Gasteiger partial charge on any atom is -0.481 e. The van der Waals surface area contributed by atoms with E-state index in [2.05, 4.69) is 38.4 Å². The van der Waals surface area contributed by atoms with Crippen LogP contribution in [0, 0.1) is 5.92 Å². The zero-order valence-electron chi connectivity index (χ0n) is 14.7. The predicted octanol–water partition coefficient (Wildman–Crippen LogP) is 4.08. The number of nitrogens with one attached hydrogen (secondary N) is 2. The van der Waals surface area contributed by atoms with Crippen molar-refractivity contribution in [2.45, 2.75) is 48.6 Å². The molecule has 1 fully saturated rings. The van der Waals surface area contributed by atoms with Gasteiger partial charge in [-0.1, -0.05) is 17.8 Å². The number of likely N-dealkylation sites (tertiary alicyclic amines) is 1. The Morgan fingerprint density at radius 2 is 2.19 bits per heavy atom. The van der Waals surface area contributed by atoms with E-state index in [1.54, 1.807) is 18.1 Å². The third-order valence-corrected chi connectivity index (χ3v) is 6.31. The molecule has 3 N–H and O–H groups in total. The number of hydrogen-bond acceptors (Lipinski definition) is 5. The van der Waals surface area contributed by atoms with E-state index in [1.165, 1.54) is 23.3 Å². The van der Waals surface area contributed by atoms with Crippen LogP contribution in [0.4, 0.5) is 11.5 Å². The molecule has 0 saturated carbocycles. The molecule has 0 aliphatic carbocycles. The van der Waals surface area contributed by atoms with Crippen molar-refractivity contribution < 1.29 is 9.90 Å². The number of hydrogen-bond donors (Lipinski definition) is 3. The van der Waals surface area contributed by atoms with Crippen LogP contribution in [0.15, 0.2) is 34.4 Å². The fourth-order valence-corrected chi connectivity index (χ4v) is 4.66. The number of carboxylic acid groups (broad SMARTS) is 1. The average Bonchev–Trinajstić information content (AvgIpc) is 3.08. The number of imidazole rings is 1. The second kappa shape index (κ2) is 7.72. The number of nitrogens with zero attached hydrogens (tertiary/aromatic N) is 2. The third kappa shape index (κ3) is 4.04. The Hall–Kier alpha value is -1.99. The highest BCUT2D eigenvalue weighted by atomic mass is 32.2. The number of rotatable bonds is 6. The van der Waals surface area contributed by atoms with E-state index in [0.29, 0.717) is 12.3 Å². The van der Waals surface area contributed by atoms with E-state index in [1.807, 2.05) is 0 Å². The van der Waals surface area contributed by atoms with E-state index in [9.17, 15) is 4.79 Å². The van der Waals surface area contributed by atoms with Crippen LogP contribution in [-0.4, -0.2) is 39.0 Å². The number of aromatic nitrogens is 2. The summed E-state index contributed by atoms with van der Waals surface area (Å²) >= 11 is 1.69. The van der Waals surface area contributed by atoms with Gasteiger partial charge >= 0.3 is 5.97 Å². The van der Waals surface area contributed by atoms with Crippen molar-refractivity contribution in [3.8, 4) is 0 Å². The number of carbonyl (C=O) groups is 1. The van der Waals surface area contributed by atoms with Gasteiger partial charge in [0.25, 0.3) is 0 Å². The molecule has 4 rings (SSSR count). The topological polar surface area (TPSA) is 81.2 Å². The van der Waals surface area contributed by atoms with Crippen LogP contribution >= 0.6 is 11.8 Å². The number of benzene rings is 1. The SMILES string of the molecule is O=C(O)CCCC1CCN(Cc2ccc3c(c2)Nc2[nH]cnc2S3)CC1. The van der Waals surface area contributed by atoms with Crippen LogP contribution in [0.2, 0.25) is 0 Å². The summed E-state index contributed by atoms with van der Waals surface area (Å²) in [7, 11) is 0. The van der Waals surface area contributed by atoms with Crippen LogP contribution in [-0.2, 0) is 11.3 Å². The summed E-state index contributed by atoms with van der Waals surface area (Å²) in [5.74, 6) is 0.983. The number of H-pyrrole nitrogens is 1. The van der Waals surface area contributed by atoms with Crippen molar-refractivity contribution in [1.82, 2.24) is 14.9 Å². The normalized spacial score (nSPS) is 17.4. The standard InChI is InChI=1S/C19H24N4O2S/c24-17(25)3-1-2-13-6-8-23(9-7-13)11-14-4-5-16-15(10-14)22-18-19(26-16)21-12-20-18/h4-5,10,12-13,22H,1-3,6-9,11H2,(H,20,21)(H,24,25). The van der Waals surface area contributed by atoms with Crippen LogP contribution in [0.1, 0.15) is 37.7 Å². The number of anilines is 2. The number of fused-ring (bicyclic) bond motifs is 2. The molecule has 2 aromatic rings. The number of aliphatic carboxylic acids is 1. The predicted molar refractivity (Wildman–Crippen MR) is 102 cm³/mol. The molecule has 1 saturated heterocycles. The Kier molecular flexibility index (Phi) is 5.17. The molecule has 0 unspecified atom stereocenters. The molecule has 1 aromatic heterocycles. The highest BCUT2D eigenvalue weighted by Gasteiger charge is 2.21. The van der Waals surface area contributed by atoms with Gasteiger partial charge in [-0.05, 0) is 62.4 Å². The first-order chi connectivity index (χ1) is 12.7. The van der Waals surface area contributed by atoms with Gasteiger partial charge in [0.1, 0.15) is 10.8 Å². The smallest absolute Gasteiger partial charge is 0.303 e. The lowest BCUT2D eigenvalue weighted by Gasteiger charge is -2.32. The van der Waals surface area contributed by atoms with E-state index in [4.69, 9.17) is 5.11 Å². The average molecular weight is 372 g/mol. The van der Waals surface area contributed by atoms with E-state index in [-0.39, 0.29) is 0 Å². The highest BCUT2D eigenvalue weighted by Crippen LogP contribution is 2.42. The van der Waals surface area contributed by atoms with Crippen LogP contribution in [0.3, 0.4) is 0 Å². The molecule has 6 nitrogen and oxygen atoms in total. The molecular weight excluding hydrogens is 348 g/mol. The maximum Gasteiger partial charge on any atom is 0.303 e. The van der Waals surface area contributed by atoms with Gasteiger partial charge in [0.2, 0.25) is 0 Å². The molecule has 26 heavy (non-hydrogen) atoms. The first-order valence-corrected chi connectivity index (χ1v) is 10.0. The largest absolute Gasteiger partial charge is 0.481 e. The quantitative estimate of drug-likeness (QED) is 0.605. The van der Waals surface area contributed by atoms with Crippen molar-refractivity contribution in [2.75, 3.05) is 18.4 Å². The van der Waals surface area contributed by atoms with E-state index in [0.717, 1.165) is 49.0 Å². The third-order valence-electron chi connectivity index (χ3n) is 5.23. The molecule has 1 aromatic carbocycles. The van der Waals surface area contributed by atoms with Gasteiger partial charge in [-0.3, -0.25) is 9.69 Å². The summed E-state index contributed by atoms with van der Waals surface area (Å²) in [6.07, 6.45) is 6.24. The van der Waals surface area contributed by atoms with Crippen molar-refractivity contribution in [1.29, 1.82) is 0 Å². The molecule has 0 atom stereocenters. The fraction of sp³-hybridized carbons (Fsp3) is 0.474. The Labute approximate surface area is 157 Å². The molecule has 2 aliphatic heterocycles. The minimum absolute atomic E-state index is 0.304. The molecule has 3 heterocycles. The van der Waals surface area contributed by atoms with Crippen molar-refractivity contribution in [3.63, 3.8) is 0 Å². The van der Waals surface area contributed by atoms with Crippen LogP contribution in [0.5, 0.6) is 0 Å². The number of piperidine rings is 1. The summed E-state index contributed by atoms with van der Waals surface area (Å²) < 4.78 is 0. The molecule has 7 heteroatoms. The van der Waals surface area contributed by atoms with Gasteiger partial charge in [-0.2, -0.15) is 0 Å². The molecule has 0 bridgehead atoms. The van der Waals surface area contributed by atoms with Crippen LogP contribution in [0.25, 0.3) is 0 Å². The van der Waals surface area contributed by atoms with Gasteiger partial charge in [0, 0.05) is 17.9 Å². The molecule has 0 amide bonds. The van der Waals surface area contributed by atoms with Gasteiger partial charge in [-0.25, -0.2) is 4.98 Å². The lowest BCUT2D eigenvalue weighted by atomic mass is 9.91. The Bertz CT molecular complexity index is 784. The maximum atomic E-state index is 10.6. The zero-order valence-corrected chi connectivity index (χ0v) is 15.5. The Morgan fingerprint density at radius 1 is 1.35 bits per heavy atom. The summed E-state index contributed by atoms with van der Waals surface area (Å²) in [6, 6.07) is 6.63. The van der Waals surface area contributed by atoms with Crippen molar-refractivity contribution in [3.05, 3.63) is 30.1 Å². The first kappa shape index (κ1) is 17.4. The molecule has 2 aliphatic rings. The summed E-state index contributed by atoms with van der Waals surface area (Å²) in [5.41, 5.74) is 2.47. The van der Waals surface area contributed by atoms with E-state index >= 15 is 0 Å². The lowest BCUT2D eigenvalue weighted by Crippen LogP contribution is -2.33. The van der Waals surface area contributed by atoms with Gasteiger partial charge in [0.15, 0.2) is 0 Å². The molecule has 0 radical (unpaired) electrons. The van der Waals surface area contributed by atoms with E-state index < -0.39 is 5.97 Å². The summed E-state index contributed by atoms with van der Waals surface area (Å²) in [4.78, 5) is 21.8. The Balaban J connectivity index is 1.29. The van der Waals surface area contributed by atoms with Crippen molar-refractivity contribution >= 4 is 29.2 Å². The second-order valence-electron chi connectivity index (χ2n) is 7.15. The molecular formula is C19H24N4O2S. The summed E-state index contributed by atoms with van der Waals surface area (Å²) in [6.45, 7) is 3.17. The minimum atomic E-state index is -0.677. The van der Waals surface area contributed by atoms with Gasteiger partial charge in [0.05, 0.1) is 12.0 Å². The first-order valence-electron chi connectivity index (χ1n) is 9.23. The van der Waals surface area contributed by atoms with Crippen molar-refractivity contribution in [2.24, 2.45) is 5.92 Å².